The Morgan fingerprint density at radius 1 is 1.15 bits per heavy atom. The van der Waals surface area contributed by atoms with Gasteiger partial charge < -0.3 is 0 Å². The lowest BCUT2D eigenvalue weighted by Gasteiger charge is -2.44. The fourth-order valence-electron chi connectivity index (χ4n) is 3.81. The van der Waals surface area contributed by atoms with E-state index in [4.69, 9.17) is 0 Å². The summed E-state index contributed by atoms with van der Waals surface area (Å²) >= 11 is 0. The van der Waals surface area contributed by atoms with Crippen LogP contribution >= 0.6 is 0 Å². The molecule has 0 saturated carbocycles. The minimum absolute atomic E-state index is 0.285. The molecule has 0 radical (unpaired) electrons. The summed E-state index contributed by atoms with van der Waals surface area (Å²) < 4.78 is 1.94. The van der Waals surface area contributed by atoms with Crippen LogP contribution in [0.3, 0.4) is 0 Å². The van der Waals surface area contributed by atoms with Crippen LogP contribution in [0.4, 0.5) is 0 Å². The van der Waals surface area contributed by atoms with Crippen LogP contribution in [0.1, 0.15) is 57.2 Å². The first-order valence-corrected chi connectivity index (χ1v) is 10.1. The normalized spacial score (nSPS) is 20.3. The summed E-state index contributed by atoms with van der Waals surface area (Å²) in [7, 11) is 0. The topological polar surface area (TPSA) is 63.0 Å². The highest BCUT2D eigenvalue weighted by molar-refractivity contribution is 5.13. The average molecular weight is 372 g/mol. The highest BCUT2D eigenvalue weighted by atomic mass is 15.6. The Hall–Kier alpha value is -1.86. The molecule has 1 fully saturated rings. The molecule has 7 nitrogen and oxygen atoms in total. The third-order valence-electron chi connectivity index (χ3n) is 5.69. The smallest absolute Gasteiger partial charge is 0.165 e. The first-order chi connectivity index (χ1) is 13.0. The van der Waals surface area contributed by atoms with E-state index in [1.165, 1.54) is 12.0 Å². The summed E-state index contributed by atoms with van der Waals surface area (Å²) in [5.41, 5.74) is 2.37. The van der Waals surface area contributed by atoms with Crippen molar-refractivity contribution in [2.75, 3.05) is 19.6 Å². The Morgan fingerprint density at radius 3 is 2.63 bits per heavy atom. The fraction of sp³-hybridized carbons (Fsp3) is 0.700. The Labute approximate surface area is 162 Å². The molecular weight excluding hydrogens is 338 g/mol. The van der Waals surface area contributed by atoms with Gasteiger partial charge in [0.25, 0.3) is 0 Å². The van der Waals surface area contributed by atoms with Crippen molar-refractivity contribution >= 4 is 0 Å². The van der Waals surface area contributed by atoms with Crippen molar-refractivity contribution in [1.29, 1.82) is 0 Å². The minimum atomic E-state index is 0.285. The molecule has 3 heterocycles. The monoisotopic (exact) mass is 371 g/mol. The molecule has 3 rings (SSSR count). The van der Waals surface area contributed by atoms with Gasteiger partial charge in [-0.2, -0.15) is 0 Å². The number of rotatable bonds is 7. The molecule has 2 aromatic rings. The number of aryl methyl sites for hydroxylation is 1. The number of piperazine rings is 1. The molecule has 1 saturated heterocycles. The van der Waals surface area contributed by atoms with Crippen LogP contribution in [0.2, 0.25) is 0 Å². The predicted molar refractivity (Wildman–Crippen MR) is 106 cm³/mol. The second-order valence-corrected chi connectivity index (χ2v) is 8.10. The second kappa shape index (κ2) is 8.89. The number of tetrazole rings is 1. The lowest BCUT2D eigenvalue weighted by atomic mass is 9.95. The van der Waals surface area contributed by atoms with Crippen molar-refractivity contribution in [3.8, 4) is 0 Å². The number of pyridine rings is 1. The molecule has 27 heavy (non-hydrogen) atoms. The third-order valence-corrected chi connectivity index (χ3v) is 5.69. The molecule has 2 atom stereocenters. The van der Waals surface area contributed by atoms with Crippen LogP contribution in [-0.4, -0.2) is 60.7 Å². The van der Waals surface area contributed by atoms with Gasteiger partial charge in [0.15, 0.2) is 5.82 Å². The molecule has 0 aliphatic carbocycles. The molecule has 1 aliphatic rings. The van der Waals surface area contributed by atoms with Gasteiger partial charge in [0.1, 0.15) is 0 Å². The van der Waals surface area contributed by atoms with E-state index >= 15 is 0 Å². The maximum Gasteiger partial charge on any atom is 0.165 e. The molecule has 0 unspecified atom stereocenters. The largest absolute Gasteiger partial charge is 0.296 e. The number of nitrogens with zero attached hydrogens (tertiary/aromatic N) is 7. The highest BCUT2D eigenvalue weighted by Crippen LogP contribution is 2.23. The van der Waals surface area contributed by atoms with Gasteiger partial charge in [0, 0.05) is 44.1 Å². The Kier molecular flexibility index (Phi) is 6.55. The lowest BCUT2D eigenvalue weighted by Crippen LogP contribution is -2.54. The molecule has 0 bridgehead atoms. The molecule has 0 spiro atoms. The van der Waals surface area contributed by atoms with E-state index in [9.17, 15) is 0 Å². The van der Waals surface area contributed by atoms with Crippen molar-refractivity contribution in [2.24, 2.45) is 5.92 Å². The van der Waals surface area contributed by atoms with Crippen molar-refractivity contribution in [3.05, 3.63) is 35.4 Å². The maximum atomic E-state index is 4.44. The van der Waals surface area contributed by atoms with Gasteiger partial charge in [-0.3, -0.25) is 14.8 Å². The first kappa shape index (κ1) is 19.9. The maximum absolute atomic E-state index is 4.44. The number of hydrogen-bond donors (Lipinski definition) is 0. The van der Waals surface area contributed by atoms with Crippen LogP contribution in [-0.2, 0) is 13.1 Å². The van der Waals surface area contributed by atoms with Gasteiger partial charge in [-0.15, -0.1) is 5.10 Å². The quantitative estimate of drug-likeness (QED) is 0.746. The molecule has 7 heteroatoms. The molecule has 0 amide bonds. The Morgan fingerprint density at radius 2 is 1.96 bits per heavy atom. The Balaban J connectivity index is 1.69. The van der Waals surface area contributed by atoms with Crippen molar-refractivity contribution in [1.82, 2.24) is 35.0 Å². The molecular formula is C20H33N7. The molecule has 0 aromatic carbocycles. The van der Waals surface area contributed by atoms with Gasteiger partial charge >= 0.3 is 0 Å². The van der Waals surface area contributed by atoms with E-state index in [2.05, 4.69) is 70.1 Å². The average Bonchev–Trinajstić information content (AvgIpc) is 3.12. The van der Waals surface area contributed by atoms with Crippen molar-refractivity contribution < 1.29 is 0 Å². The Bertz CT molecular complexity index is 709. The first-order valence-electron chi connectivity index (χ1n) is 10.1. The van der Waals surface area contributed by atoms with E-state index in [1.807, 2.05) is 17.8 Å². The van der Waals surface area contributed by atoms with E-state index in [0.717, 1.165) is 44.2 Å². The zero-order chi connectivity index (χ0) is 19.4. The summed E-state index contributed by atoms with van der Waals surface area (Å²) in [6.07, 6.45) is 3.19. The second-order valence-electron chi connectivity index (χ2n) is 8.10. The van der Waals surface area contributed by atoms with Crippen LogP contribution in [0, 0.1) is 12.8 Å². The van der Waals surface area contributed by atoms with E-state index in [0.29, 0.717) is 12.0 Å². The molecule has 0 N–H and O–H groups in total. The van der Waals surface area contributed by atoms with Gasteiger partial charge in [-0.1, -0.05) is 26.3 Å². The van der Waals surface area contributed by atoms with Gasteiger partial charge in [-0.25, -0.2) is 4.68 Å². The zero-order valence-corrected chi connectivity index (χ0v) is 17.3. The highest BCUT2D eigenvalue weighted by Gasteiger charge is 2.31. The lowest BCUT2D eigenvalue weighted by molar-refractivity contribution is 0.0325. The van der Waals surface area contributed by atoms with Gasteiger partial charge in [0.05, 0.1) is 12.6 Å². The van der Waals surface area contributed by atoms with E-state index in [1.54, 1.807) is 0 Å². The van der Waals surface area contributed by atoms with Crippen LogP contribution in [0.15, 0.2) is 18.3 Å². The SMILES string of the molecule is CC[C@@H](C)[C@H]1CN(Cc2ccc(C)nc2)CCN1Cc1nnnn1C(C)C. The molecule has 2 aromatic heterocycles. The van der Waals surface area contributed by atoms with E-state index in [-0.39, 0.29) is 6.04 Å². The summed E-state index contributed by atoms with van der Waals surface area (Å²) in [6, 6.07) is 5.10. The summed E-state index contributed by atoms with van der Waals surface area (Å²) in [6.45, 7) is 15.9. The fourth-order valence-corrected chi connectivity index (χ4v) is 3.81. The number of hydrogen-bond acceptors (Lipinski definition) is 6. The standard InChI is InChI=1S/C20H33N7/c1-6-16(4)19-13-25(12-18-8-7-17(5)21-11-18)9-10-26(19)14-20-22-23-24-27(20)15(2)3/h7-8,11,15-16,19H,6,9-10,12-14H2,1-5H3/t16-,19-/m1/s1. The predicted octanol–water partition coefficient (Wildman–Crippen LogP) is 2.69. The van der Waals surface area contributed by atoms with Crippen molar-refractivity contribution in [2.45, 2.75) is 66.2 Å². The molecule has 148 valence electrons. The van der Waals surface area contributed by atoms with Crippen LogP contribution < -0.4 is 0 Å². The summed E-state index contributed by atoms with van der Waals surface area (Å²) in [5, 5.41) is 12.3. The van der Waals surface area contributed by atoms with Crippen LogP contribution in [0.25, 0.3) is 0 Å². The van der Waals surface area contributed by atoms with E-state index < -0.39 is 0 Å². The number of aromatic nitrogens is 5. The van der Waals surface area contributed by atoms with Crippen molar-refractivity contribution in [3.63, 3.8) is 0 Å². The third kappa shape index (κ3) is 4.90. The van der Waals surface area contributed by atoms with Gasteiger partial charge in [-0.05, 0) is 48.7 Å². The van der Waals surface area contributed by atoms with Crippen LogP contribution in [0.5, 0.6) is 0 Å². The summed E-state index contributed by atoms with van der Waals surface area (Å²) in [4.78, 5) is 9.58. The minimum Gasteiger partial charge on any atom is -0.296 e. The van der Waals surface area contributed by atoms with Gasteiger partial charge in [0.2, 0.25) is 0 Å². The molecule has 1 aliphatic heterocycles. The summed E-state index contributed by atoms with van der Waals surface area (Å²) in [5.74, 6) is 1.60. The zero-order valence-electron chi connectivity index (χ0n) is 17.3.